The van der Waals surface area contributed by atoms with Gasteiger partial charge in [-0.15, -0.1) is 11.3 Å². The second-order valence-electron chi connectivity index (χ2n) is 10.8. The van der Waals surface area contributed by atoms with E-state index in [0.717, 1.165) is 33.2 Å². The van der Waals surface area contributed by atoms with Crippen molar-refractivity contribution in [3.63, 3.8) is 0 Å². The zero-order chi connectivity index (χ0) is 27.4. The molecule has 0 unspecified atom stereocenters. The molecule has 0 N–H and O–H groups in total. The lowest BCUT2D eigenvalue weighted by atomic mass is 10.1. The highest BCUT2D eigenvalue weighted by molar-refractivity contribution is 7.26. The van der Waals surface area contributed by atoms with Crippen LogP contribution in [-0.4, -0.2) is 14.1 Å². The maximum Gasteiger partial charge on any atom is 0.307 e. The molecule has 10 rings (SSSR count). The first-order valence-corrected chi connectivity index (χ1v) is 14.9. The van der Waals surface area contributed by atoms with Crippen molar-refractivity contribution >= 4 is 86.2 Å². The van der Waals surface area contributed by atoms with E-state index in [-0.39, 0.29) is 0 Å². The lowest BCUT2D eigenvalue weighted by Crippen LogP contribution is -1.94. The minimum absolute atomic E-state index is 0.588. The Bertz CT molecular complexity index is 2690. The number of benzene rings is 6. The number of aromatic nitrogens is 3. The van der Waals surface area contributed by atoms with Crippen molar-refractivity contribution in [2.24, 2.45) is 0 Å². The van der Waals surface area contributed by atoms with Crippen LogP contribution in [0, 0.1) is 0 Å². The van der Waals surface area contributed by atoms with Gasteiger partial charge in [-0.1, -0.05) is 72.8 Å². The Hall–Kier alpha value is -5.39. The molecule has 0 aliphatic rings. The van der Waals surface area contributed by atoms with Gasteiger partial charge in [0.05, 0.1) is 22.1 Å². The van der Waals surface area contributed by atoms with Crippen LogP contribution in [0.5, 0.6) is 0 Å². The van der Waals surface area contributed by atoms with Crippen molar-refractivity contribution in [1.29, 1.82) is 0 Å². The van der Waals surface area contributed by atoms with Crippen LogP contribution in [0.4, 0.5) is 0 Å². The zero-order valence-electron chi connectivity index (χ0n) is 22.3. The van der Waals surface area contributed by atoms with Crippen LogP contribution in [-0.2, 0) is 0 Å². The van der Waals surface area contributed by atoms with E-state index < -0.39 is 0 Å². The summed E-state index contributed by atoms with van der Waals surface area (Å²) in [5.41, 5.74) is 7.39. The maximum atomic E-state index is 6.58. The number of para-hydroxylation sites is 3. The van der Waals surface area contributed by atoms with Crippen molar-refractivity contribution in [1.82, 2.24) is 14.1 Å². The molecular formula is C37H21N3OS. The molecule has 0 fully saturated rings. The van der Waals surface area contributed by atoms with Crippen LogP contribution in [0.3, 0.4) is 0 Å². The second kappa shape index (κ2) is 8.09. The number of thiophene rings is 1. The molecule has 0 saturated carbocycles. The third kappa shape index (κ3) is 2.88. The first-order chi connectivity index (χ1) is 20.8. The Morgan fingerprint density at radius 1 is 0.500 bits per heavy atom. The molecule has 10 aromatic rings. The van der Waals surface area contributed by atoms with Crippen LogP contribution < -0.4 is 0 Å². The summed E-state index contributed by atoms with van der Waals surface area (Å²) >= 11 is 1.80. The molecule has 4 aromatic heterocycles. The monoisotopic (exact) mass is 555 g/mol. The average molecular weight is 556 g/mol. The first kappa shape index (κ1) is 22.3. The summed E-state index contributed by atoms with van der Waals surface area (Å²) in [6.45, 7) is 0. The fraction of sp³-hybridized carbons (Fsp3) is 0. The fourth-order valence-corrected chi connectivity index (χ4v) is 7.89. The number of fused-ring (bicyclic) bond motifs is 11. The fourth-order valence-electron chi connectivity index (χ4n) is 6.78. The highest BCUT2D eigenvalue weighted by Gasteiger charge is 2.21. The van der Waals surface area contributed by atoms with Gasteiger partial charge in [-0.3, -0.25) is 4.57 Å². The van der Waals surface area contributed by atoms with Gasteiger partial charge >= 0.3 is 6.01 Å². The molecule has 6 aromatic carbocycles. The van der Waals surface area contributed by atoms with E-state index in [0.29, 0.717) is 6.01 Å². The summed E-state index contributed by atoms with van der Waals surface area (Å²) in [5, 5.41) is 7.16. The summed E-state index contributed by atoms with van der Waals surface area (Å²) < 4.78 is 13.6. The standard InChI is InChI=1S/C37H21N3OS/c1-2-10-22(11-3-1)39-28-15-7-4-12-23(28)26-21-31-27(20-30(26)39)24-13-5-8-16-29(24)40(31)37-38-36-32(41-37)18-19-34-35(36)25-14-6-9-17-33(25)42-34/h1-21H. The molecule has 5 heteroatoms. The minimum atomic E-state index is 0.588. The Morgan fingerprint density at radius 2 is 1.12 bits per heavy atom. The number of hydrogen-bond acceptors (Lipinski definition) is 3. The summed E-state index contributed by atoms with van der Waals surface area (Å²) in [6.07, 6.45) is 0. The third-order valence-corrected chi connectivity index (χ3v) is 9.70. The van der Waals surface area contributed by atoms with Gasteiger partial charge in [0.25, 0.3) is 0 Å². The van der Waals surface area contributed by atoms with E-state index in [1.165, 1.54) is 47.4 Å². The molecule has 0 spiro atoms. The van der Waals surface area contributed by atoms with Gasteiger partial charge < -0.3 is 8.98 Å². The molecule has 0 aliphatic carbocycles. The predicted molar refractivity (Wildman–Crippen MR) is 176 cm³/mol. The number of rotatable bonds is 2. The Labute approximate surface area is 243 Å². The zero-order valence-corrected chi connectivity index (χ0v) is 23.1. The van der Waals surface area contributed by atoms with E-state index in [1.807, 2.05) is 0 Å². The van der Waals surface area contributed by atoms with E-state index >= 15 is 0 Å². The van der Waals surface area contributed by atoms with Crippen LogP contribution >= 0.6 is 11.3 Å². The normalized spacial score (nSPS) is 12.3. The Morgan fingerprint density at radius 3 is 1.88 bits per heavy atom. The molecule has 4 nitrogen and oxygen atoms in total. The lowest BCUT2D eigenvalue weighted by Gasteiger charge is -2.07. The largest absolute Gasteiger partial charge is 0.423 e. The van der Waals surface area contributed by atoms with Gasteiger partial charge in [-0.25, -0.2) is 0 Å². The quantitative estimate of drug-likeness (QED) is 0.213. The van der Waals surface area contributed by atoms with Gasteiger partial charge in [-0.05, 0) is 54.6 Å². The van der Waals surface area contributed by atoms with Crippen LogP contribution in [0.2, 0.25) is 0 Å². The van der Waals surface area contributed by atoms with Crippen LogP contribution in [0.15, 0.2) is 132 Å². The van der Waals surface area contributed by atoms with Crippen molar-refractivity contribution < 1.29 is 4.42 Å². The van der Waals surface area contributed by atoms with Gasteiger partial charge in [0.2, 0.25) is 0 Å². The second-order valence-corrected chi connectivity index (χ2v) is 11.9. The molecule has 0 amide bonds. The lowest BCUT2D eigenvalue weighted by molar-refractivity contribution is 0.574. The molecule has 0 radical (unpaired) electrons. The molecule has 0 aliphatic heterocycles. The molecule has 42 heavy (non-hydrogen) atoms. The summed E-state index contributed by atoms with van der Waals surface area (Å²) in [5.74, 6) is 0. The molecule has 0 saturated heterocycles. The smallest absolute Gasteiger partial charge is 0.307 e. The number of hydrogen-bond donors (Lipinski definition) is 0. The van der Waals surface area contributed by atoms with Crippen LogP contribution in [0.1, 0.15) is 0 Å². The van der Waals surface area contributed by atoms with Gasteiger partial charge in [0.15, 0.2) is 5.58 Å². The van der Waals surface area contributed by atoms with E-state index in [4.69, 9.17) is 9.40 Å². The number of nitrogens with zero attached hydrogens (tertiary/aromatic N) is 3. The van der Waals surface area contributed by atoms with E-state index in [1.54, 1.807) is 11.3 Å². The summed E-state index contributed by atoms with van der Waals surface area (Å²) in [6, 6.07) is 45.8. The van der Waals surface area contributed by atoms with Gasteiger partial charge in [0, 0.05) is 47.4 Å². The molecule has 196 valence electrons. The maximum absolute atomic E-state index is 6.58. The first-order valence-electron chi connectivity index (χ1n) is 14.1. The molecule has 0 atom stereocenters. The SMILES string of the molecule is c1ccc(-n2c3ccccc3c3cc4c(cc32)c2ccccc2n4-c2nc3c(ccc4sc5ccccc5c43)o2)cc1. The average Bonchev–Trinajstić information content (AvgIpc) is 3.79. The van der Waals surface area contributed by atoms with Crippen molar-refractivity contribution in [3.8, 4) is 11.7 Å². The number of oxazole rings is 1. The van der Waals surface area contributed by atoms with E-state index in [2.05, 4.69) is 137 Å². The highest BCUT2D eigenvalue weighted by Crippen LogP contribution is 2.42. The van der Waals surface area contributed by atoms with E-state index in [9.17, 15) is 0 Å². The third-order valence-electron chi connectivity index (χ3n) is 8.56. The summed E-state index contributed by atoms with van der Waals surface area (Å²) in [4.78, 5) is 5.20. The Balaban J connectivity index is 1.34. The predicted octanol–water partition coefficient (Wildman–Crippen LogP) is 10.4. The van der Waals surface area contributed by atoms with Crippen molar-refractivity contribution in [2.45, 2.75) is 0 Å². The van der Waals surface area contributed by atoms with Gasteiger partial charge in [-0.2, -0.15) is 4.98 Å². The van der Waals surface area contributed by atoms with Crippen LogP contribution in [0.25, 0.3) is 86.6 Å². The van der Waals surface area contributed by atoms with Gasteiger partial charge in [0.1, 0.15) is 5.52 Å². The molecule has 0 bridgehead atoms. The van der Waals surface area contributed by atoms with Crippen molar-refractivity contribution in [2.75, 3.05) is 0 Å². The topological polar surface area (TPSA) is 35.9 Å². The molecule has 4 heterocycles. The highest BCUT2D eigenvalue weighted by atomic mass is 32.1. The Kier molecular flexibility index (Phi) is 4.30. The summed E-state index contributed by atoms with van der Waals surface area (Å²) in [7, 11) is 0. The molecular weight excluding hydrogens is 534 g/mol. The minimum Gasteiger partial charge on any atom is -0.423 e. The van der Waals surface area contributed by atoms with Crippen molar-refractivity contribution in [3.05, 3.63) is 127 Å².